The number of rotatable bonds is 2. The van der Waals surface area contributed by atoms with Gasteiger partial charge in [-0.3, -0.25) is 4.98 Å². The van der Waals surface area contributed by atoms with Gasteiger partial charge in [0.05, 0.1) is 18.5 Å². The molecule has 3 nitrogen and oxygen atoms in total. The van der Waals surface area contributed by atoms with Crippen molar-refractivity contribution in [1.29, 1.82) is 0 Å². The number of aromatic nitrogens is 2. The van der Waals surface area contributed by atoms with E-state index in [1.54, 1.807) is 7.11 Å². The lowest BCUT2D eigenvalue weighted by molar-refractivity contribution is 0.398. The first-order chi connectivity index (χ1) is 7.29. The summed E-state index contributed by atoms with van der Waals surface area (Å²) in [5.41, 5.74) is 2.83. The first-order valence-corrected chi connectivity index (χ1v) is 4.73. The second-order valence-corrected chi connectivity index (χ2v) is 3.29. The van der Waals surface area contributed by atoms with Gasteiger partial charge in [0.2, 0.25) is 5.88 Å². The molecule has 0 aromatic carbocycles. The molecule has 0 fully saturated rings. The summed E-state index contributed by atoms with van der Waals surface area (Å²) in [5, 5.41) is 0. The van der Waals surface area contributed by atoms with Gasteiger partial charge in [-0.1, -0.05) is 12.1 Å². The third-order valence-corrected chi connectivity index (χ3v) is 2.11. The average Bonchev–Trinajstić information content (AvgIpc) is 2.30. The van der Waals surface area contributed by atoms with Crippen LogP contribution in [0.1, 0.15) is 5.56 Å². The van der Waals surface area contributed by atoms with E-state index in [2.05, 4.69) is 9.97 Å². The van der Waals surface area contributed by atoms with Crippen LogP contribution in [0.15, 0.2) is 36.5 Å². The number of nitrogens with zero attached hydrogens (tertiary/aromatic N) is 2. The molecular weight excluding hydrogens is 188 g/mol. The van der Waals surface area contributed by atoms with Crippen LogP contribution < -0.4 is 4.74 Å². The van der Waals surface area contributed by atoms with Gasteiger partial charge >= 0.3 is 0 Å². The molecule has 0 amide bonds. The van der Waals surface area contributed by atoms with Crippen molar-refractivity contribution in [1.82, 2.24) is 9.97 Å². The van der Waals surface area contributed by atoms with Gasteiger partial charge in [0.1, 0.15) is 0 Å². The SMILES string of the molecule is COc1cccc(-c2ccc(C)cn2)n1. The molecule has 0 N–H and O–H groups in total. The highest BCUT2D eigenvalue weighted by atomic mass is 16.5. The highest BCUT2D eigenvalue weighted by Gasteiger charge is 2.01. The zero-order valence-electron chi connectivity index (χ0n) is 8.77. The smallest absolute Gasteiger partial charge is 0.213 e. The third-order valence-electron chi connectivity index (χ3n) is 2.11. The van der Waals surface area contributed by atoms with Gasteiger partial charge in [0, 0.05) is 12.3 Å². The van der Waals surface area contributed by atoms with E-state index in [0.717, 1.165) is 17.0 Å². The van der Waals surface area contributed by atoms with Crippen molar-refractivity contribution >= 4 is 0 Å². The van der Waals surface area contributed by atoms with Crippen molar-refractivity contribution in [3.05, 3.63) is 42.1 Å². The molecule has 0 unspecified atom stereocenters. The summed E-state index contributed by atoms with van der Waals surface area (Å²) in [6.45, 7) is 2.01. The van der Waals surface area contributed by atoms with Crippen LogP contribution in [0.25, 0.3) is 11.4 Å². The van der Waals surface area contributed by atoms with Gasteiger partial charge in [-0.15, -0.1) is 0 Å². The summed E-state index contributed by atoms with van der Waals surface area (Å²) in [5.74, 6) is 0.606. The lowest BCUT2D eigenvalue weighted by atomic mass is 10.2. The van der Waals surface area contributed by atoms with E-state index in [0.29, 0.717) is 5.88 Å². The van der Waals surface area contributed by atoms with Crippen molar-refractivity contribution in [2.45, 2.75) is 6.92 Å². The molecule has 0 saturated carbocycles. The highest BCUT2D eigenvalue weighted by Crippen LogP contribution is 2.17. The zero-order chi connectivity index (χ0) is 10.7. The van der Waals surface area contributed by atoms with Gasteiger partial charge in [0.15, 0.2) is 0 Å². The first-order valence-electron chi connectivity index (χ1n) is 4.73. The van der Waals surface area contributed by atoms with Gasteiger partial charge < -0.3 is 4.74 Å². The highest BCUT2D eigenvalue weighted by molar-refractivity contribution is 5.54. The molecule has 0 bridgehead atoms. The average molecular weight is 200 g/mol. The van der Waals surface area contributed by atoms with Crippen LogP contribution >= 0.6 is 0 Å². The maximum absolute atomic E-state index is 5.06. The first kappa shape index (κ1) is 9.65. The van der Waals surface area contributed by atoms with E-state index in [1.807, 2.05) is 43.5 Å². The topological polar surface area (TPSA) is 35.0 Å². The van der Waals surface area contributed by atoms with E-state index >= 15 is 0 Å². The minimum Gasteiger partial charge on any atom is -0.481 e. The standard InChI is InChI=1S/C12H12N2O/c1-9-6-7-10(13-8-9)11-4-3-5-12(14-11)15-2/h3-8H,1-2H3. The molecule has 2 rings (SSSR count). The molecule has 2 aromatic rings. The predicted octanol–water partition coefficient (Wildman–Crippen LogP) is 2.46. The molecule has 76 valence electrons. The molecular formula is C12H12N2O. The number of ether oxygens (including phenoxy) is 1. The summed E-state index contributed by atoms with van der Waals surface area (Å²) < 4.78 is 5.06. The van der Waals surface area contributed by atoms with Crippen molar-refractivity contribution < 1.29 is 4.74 Å². The Morgan fingerprint density at radius 1 is 1.07 bits per heavy atom. The second kappa shape index (κ2) is 4.09. The molecule has 2 aromatic heterocycles. The fourth-order valence-corrected chi connectivity index (χ4v) is 1.29. The van der Waals surface area contributed by atoms with Crippen LogP contribution in [0.4, 0.5) is 0 Å². The Hall–Kier alpha value is -1.90. The molecule has 0 atom stereocenters. The normalized spacial score (nSPS) is 10.0. The quantitative estimate of drug-likeness (QED) is 0.747. The molecule has 3 heteroatoms. The van der Waals surface area contributed by atoms with Gasteiger partial charge in [-0.05, 0) is 24.6 Å². The zero-order valence-corrected chi connectivity index (χ0v) is 8.77. The third kappa shape index (κ3) is 2.13. The van der Waals surface area contributed by atoms with E-state index < -0.39 is 0 Å². The minimum atomic E-state index is 0.606. The summed E-state index contributed by atoms with van der Waals surface area (Å²) in [6.07, 6.45) is 1.83. The predicted molar refractivity (Wildman–Crippen MR) is 58.8 cm³/mol. The lowest BCUT2D eigenvalue weighted by Crippen LogP contribution is -1.91. The minimum absolute atomic E-state index is 0.606. The fourth-order valence-electron chi connectivity index (χ4n) is 1.29. The number of hydrogen-bond donors (Lipinski definition) is 0. The number of pyridine rings is 2. The Kier molecular flexibility index (Phi) is 2.63. The van der Waals surface area contributed by atoms with Gasteiger partial charge in [-0.25, -0.2) is 4.98 Å². The van der Waals surface area contributed by atoms with Crippen molar-refractivity contribution in [2.24, 2.45) is 0 Å². The van der Waals surface area contributed by atoms with Crippen LogP contribution in [0, 0.1) is 6.92 Å². The Labute approximate surface area is 88.8 Å². The van der Waals surface area contributed by atoms with E-state index in [1.165, 1.54) is 0 Å². The summed E-state index contributed by atoms with van der Waals surface area (Å²) in [7, 11) is 1.61. The number of methoxy groups -OCH3 is 1. The molecule has 0 aliphatic rings. The van der Waals surface area contributed by atoms with E-state index in [4.69, 9.17) is 4.74 Å². The molecule has 0 radical (unpaired) electrons. The van der Waals surface area contributed by atoms with Crippen molar-refractivity contribution in [3.63, 3.8) is 0 Å². The number of hydrogen-bond acceptors (Lipinski definition) is 3. The maximum Gasteiger partial charge on any atom is 0.213 e. The van der Waals surface area contributed by atoms with Crippen LogP contribution in [0.3, 0.4) is 0 Å². The molecule has 0 aliphatic carbocycles. The lowest BCUT2D eigenvalue weighted by Gasteiger charge is -2.02. The van der Waals surface area contributed by atoms with Crippen LogP contribution in [-0.2, 0) is 0 Å². The molecule has 0 aliphatic heterocycles. The van der Waals surface area contributed by atoms with Crippen LogP contribution in [-0.4, -0.2) is 17.1 Å². The molecule has 0 saturated heterocycles. The molecule has 15 heavy (non-hydrogen) atoms. The monoisotopic (exact) mass is 200 g/mol. The fraction of sp³-hybridized carbons (Fsp3) is 0.167. The Bertz CT molecular complexity index is 451. The Morgan fingerprint density at radius 2 is 1.93 bits per heavy atom. The van der Waals surface area contributed by atoms with Crippen molar-refractivity contribution in [3.8, 4) is 17.3 Å². The van der Waals surface area contributed by atoms with Crippen molar-refractivity contribution in [2.75, 3.05) is 7.11 Å². The largest absolute Gasteiger partial charge is 0.481 e. The summed E-state index contributed by atoms with van der Waals surface area (Å²) in [6, 6.07) is 9.61. The maximum atomic E-state index is 5.06. The van der Waals surface area contributed by atoms with E-state index in [-0.39, 0.29) is 0 Å². The Balaban J connectivity index is 2.40. The molecule has 2 heterocycles. The summed E-state index contributed by atoms with van der Waals surface area (Å²) >= 11 is 0. The Morgan fingerprint density at radius 3 is 2.60 bits per heavy atom. The van der Waals surface area contributed by atoms with E-state index in [9.17, 15) is 0 Å². The van der Waals surface area contributed by atoms with Crippen LogP contribution in [0.2, 0.25) is 0 Å². The van der Waals surface area contributed by atoms with Crippen LogP contribution in [0.5, 0.6) is 5.88 Å². The second-order valence-electron chi connectivity index (χ2n) is 3.29. The summed E-state index contributed by atoms with van der Waals surface area (Å²) in [4.78, 5) is 8.61. The number of aryl methyl sites for hydroxylation is 1. The van der Waals surface area contributed by atoms with Gasteiger partial charge in [-0.2, -0.15) is 0 Å². The van der Waals surface area contributed by atoms with Gasteiger partial charge in [0.25, 0.3) is 0 Å². The molecule has 0 spiro atoms.